The van der Waals surface area contributed by atoms with E-state index in [2.05, 4.69) is 11.8 Å². The molecule has 1 saturated carbocycles. The highest BCUT2D eigenvalue weighted by Gasteiger charge is 2.12. The fraction of sp³-hybridized carbons (Fsp3) is 0.800. The molecule has 24 heavy (non-hydrogen) atoms. The molecule has 0 saturated heterocycles. The van der Waals surface area contributed by atoms with Gasteiger partial charge in [0.25, 0.3) is 0 Å². The monoisotopic (exact) mass is 353 g/mol. The Labute approximate surface area is 151 Å². The molecule has 138 valence electrons. The summed E-state index contributed by atoms with van der Waals surface area (Å²) in [6.07, 6.45) is 17.6. The molecule has 1 aliphatic carbocycles. The summed E-state index contributed by atoms with van der Waals surface area (Å²) >= 11 is 2.23. The van der Waals surface area contributed by atoms with Crippen LogP contribution in [0.25, 0.3) is 0 Å². The average molecular weight is 354 g/mol. The molecule has 0 amide bonds. The fourth-order valence-corrected chi connectivity index (χ4v) is 4.96. The van der Waals surface area contributed by atoms with Gasteiger partial charge in [0.2, 0.25) is 0 Å². The van der Waals surface area contributed by atoms with Crippen molar-refractivity contribution in [2.24, 2.45) is 0 Å². The summed E-state index contributed by atoms with van der Waals surface area (Å²) in [6, 6.07) is 3.09. The van der Waals surface area contributed by atoms with Crippen molar-refractivity contribution in [3.63, 3.8) is 0 Å². The summed E-state index contributed by atoms with van der Waals surface area (Å²) in [5.41, 5.74) is 0. The predicted octanol–water partition coefficient (Wildman–Crippen LogP) is 6.09. The highest BCUT2D eigenvalue weighted by Crippen LogP contribution is 2.29. The maximum absolute atomic E-state index is 9.56. The number of unbranched alkanes of at least 4 members (excludes halogenated alkanes) is 7. The van der Waals surface area contributed by atoms with Gasteiger partial charge in [0.05, 0.1) is 0 Å². The van der Waals surface area contributed by atoms with E-state index in [9.17, 15) is 10.2 Å². The van der Waals surface area contributed by atoms with Gasteiger partial charge < -0.3 is 10.2 Å². The molecule has 1 aromatic rings. The molecule has 0 spiro atoms. The number of nitrogens with zero attached hydrogens (tertiary/aromatic N) is 1. The highest BCUT2D eigenvalue weighted by atomic mass is 32.2. The van der Waals surface area contributed by atoms with Crippen molar-refractivity contribution in [1.82, 2.24) is 4.57 Å². The van der Waals surface area contributed by atoms with Gasteiger partial charge in [0.1, 0.15) is 0 Å². The van der Waals surface area contributed by atoms with Crippen LogP contribution in [-0.4, -0.2) is 25.8 Å². The minimum atomic E-state index is 0.165. The normalized spacial score (nSPS) is 15.8. The topological polar surface area (TPSA) is 45.4 Å². The summed E-state index contributed by atoms with van der Waals surface area (Å²) < 4.78 is 1.57. The van der Waals surface area contributed by atoms with Crippen molar-refractivity contribution in [2.45, 2.75) is 95.3 Å². The van der Waals surface area contributed by atoms with Gasteiger partial charge in [-0.1, -0.05) is 57.8 Å². The molecule has 0 aromatic carbocycles. The Morgan fingerprint density at radius 1 is 0.792 bits per heavy atom. The second kappa shape index (κ2) is 11.7. The predicted molar refractivity (Wildman–Crippen MR) is 104 cm³/mol. The van der Waals surface area contributed by atoms with Gasteiger partial charge in [-0.2, -0.15) is 11.8 Å². The Morgan fingerprint density at radius 2 is 1.33 bits per heavy atom. The zero-order valence-corrected chi connectivity index (χ0v) is 15.9. The van der Waals surface area contributed by atoms with Gasteiger partial charge >= 0.3 is 0 Å². The first-order chi connectivity index (χ1) is 11.8. The maximum atomic E-state index is 9.56. The largest absolute Gasteiger partial charge is 0.494 e. The summed E-state index contributed by atoms with van der Waals surface area (Å²) in [5, 5.41) is 20.1. The molecule has 0 atom stereocenters. The van der Waals surface area contributed by atoms with Crippen LogP contribution in [0.4, 0.5) is 0 Å². The number of hydrogen-bond donors (Lipinski definition) is 2. The standard InChI is InChI=1S/C20H35NO2S/c22-19-14-15-20(23)21(19)16-10-5-3-1-2-4-6-11-17-24-18-12-8-7-9-13-18/h14-15,18,22-23H,1-13,16-17H2. The summed E-state index contributed by atoms with van der Waals surface area (Å²) in [4.78, 5) is 0. The van der Waals surface area contributed by atoms with Crippen LogP contribution in [0.1, 0.15) is 83.5 Å². The van der Waals surface area contributed by atoms with Gasteiger partial charge in [-0.15, -0.1) is 0 Å². The molecule has 2 N–H and O–H groups in total. The van der Waals surface area contributed by atoms with E-state index in [4.69, 9.17) is 0 Å². The minimum absolute atomic E-state index is 0.165. The van der Waals surface area contributed by atoms with Crippen LogP contribution in [0.5, 0.6) is 11.8 Å². The van der Waals surface area contributed by atoms with E-state index in [-0.39, 0.29) is 11.8 Å². The first kappa shape index (κ1) is 19.6. The first-order valence-corrected chi connectivity index (χ1v) is 11.0. The minimum Gasteiger partial charge on any atom is -0.494 e. The van der Waals surface area contributed by atoms with Crippen LogP contribution in [-0.2, 0) is 6.54 Å². The quantitative estimate of drug-likeness (QED) is 0.447. The van der Waals surface area contributed by atoms with Gasteiger partial charge in [-0.05, 0) is 31.4 Å². The molecule has 2 rings (SSSR count). The van der Waals surface area contributed by atoms with E-state index in [1.54, 1.807) is 16.7 Å². The zero-order valence-electron chi connectivity index (χ0n) is 15.1. The molecule has 0 aliphatic heterocycles. The van der Waals surface area contributed by atoms with Crippen molar-refractivity contribution >= 4 is 11.8 Å². The number of aromatic nitrogens is 1. The lowest BCUT2D eigenvalue weighted by Gasteiger charge is -2.20. The molecular weight excluding hydrogens is 318 g/mol. The molecule has 0 radical (unpaired) electrons. The molecule has 0 bridgehead atoms. The van der Waals surface area contributed by atoms with Crippen LogP contribution in [0.15, 0.2) is 12.1 Å². The molecule has 4 heteroatoms. The van der Waals surface area contributed by atoms with Gasteiger partial charge in [-0.25, -0.2) is 0 Å². The third-order valence-corrected chi connectivity index (χ3v) is 6.58. The van der Waals surface area contributed by atoms with E-state index in [0.29, 0.717) is 6.54 Å². The van der Waals surface area contributed by atoms with E-state index in [0.717, 1.165) is 11.7 Å². The number of hydrogen-bond acceptors (Lipinski definition) is 3. The van der Waals surface area contributed by atoms with E-state index in [1.807, 2.05) is 0 Å². The third kappa shape index (κ3) is 7.42. The Bertz CT molecular complexity index is 421. The molecule has 1 fully saturated rings. The van der Waals surface area contributed by atoms with Crippen molar-refractivity contribution < 1.29 is 10.2 Å². The molecule has 1 aromatic heterocycles. The maximum Gasteiger partial charge on any atom is 0.193 e. The van der Waals surface area contributed by atoms with Crippen LogP contribution < -0.4 is 0 Å². The Kier molecular flexibility index (Phi) is 9.55. The molecule has 1 aliphatic rings. The van der Waals surface area contributed by atoms with Crippen molar-refractivity contribution in [3.8, 4) is 11.8 Å². The zero-order chi connectivity index (χ0) is 17.0. The molecule has 3 nitrogen and oxygen atoms in total. The Balaban J connectivity index is 1.34. The second-order valence-electron chi connectivity index (χ2n) is 7.16. The number of aromatic hydroxyl groups is 2. The lowest BCUT2D eigenvalue weighted by molar-refractivity contribution is 0.361. The van der Waals surface area contributed by atoms with Crippen LogP contribution >= 0.6 is 11.8 Å². The second-order valence-corrected chi connectivity index (χ2v) is 8.57. The fourth-order valence-electron chi connectivity index (χ4n) is 3.59. The van der Waals surface area contributed by atoms with Crippen molar-refractivity contribution in [3.05, 3.63) is 12.1 Å². The first-order valence-electron chi connectivity index (χ1n) is 9.96. The summed E-state index contributed by atoms with van der Waals surface area (Å²) in [5.74, 6) is 1.70. The van der Waals surface area contributed by atoms with E-state index in [1.165, 1.54) is 82.8 Å². The lowest BCUT2D eigenvalue weighted by Crippen LogP contribution is -2.08. The summed E-state index contributed by atoms with van der Waals surface area (Å²) in [7, 11) is 0. The lowest BCUT2D eigenvalue weighted by atomic mass is 10.0. The van der Waals surface area contributed by atoms with E-state index < -0.39 is 0 Å². The van der Waals surface area contributed by atoms with E-state index >= 15 is 0 Å². The average Bonchev–Trinajstić information content (AvgIpc) is 2.92. The third-order valence-electron chi connectivity index (χ3n) is 5.12. The molecular formula is C20H35NO2S. The SMILES string of the molecule is Oc1ccc(O)n1CCCCCCCCCCSC1CCCCC1. The van der Waals surface area contributed by atoms with Gasteiger partial charge in [0, 0.05) is 23.9 Å². The van der Waals surface area contributed by atoms with Crippen molar-refractivity contribution in [1.29, 1.82) is 0 Å². The van der Waals surface area contributed by atoms with Crippen molar-refractivity contribution in [2.75, 3.05) is 5.75 Å². The van der Waals surface area contributed by atoms with Gasteiger partial charge in [-0.3, -0.25) is 4.57 Å². The van der Waals surface area contributed by atoms with Crippen LogP contribution in [0.3, 0.4) is 0 Å². The molecule has 0 unspecified atom stereocenters. The van der Waals surface area contributed by atoms with Crippen LogP contribution in [0, 0.1) is 0 Å². The smallest absolute Gasteiger partial charge is 0.193 e. The highest BCUT2D eigenvalue weighted by molar-refractivity contribution is 7.99. The number of thioether (sulfide) groups is 1. The number of rotatable bonds is 12. The van der Waals surface area contributed by atoms with Gasteiger partial charge in [0.15, 0.2) is 11.8 Å². The molecule has 1 heterocycles. The summed E-state index contributed by atoms with van der Waals surface area (Å²) in [6.45, 7) is 0.711. The Morgan fingerprint density at radius 3 is 1.96 bits per heavy atom. The van der Waals surface area contributed by atoms with Crippen LogP contribution in [0.2, 0.25) is 0 Å². The Hall–Kier alpha value is -0.770.